The highest BCUT2D eigenvalue weighted by molar-refractivity contribution is 5.78. The van der Waals surface area contributed by atoms with Crippen molar-refractivity contribution in [2.75, 3.05) is 4.90 Å². The van der Waals surface area contributed by atoms with Crippen molar-refractivity contribution in [2.45, 2.75) is 33.6 Å². The van der Waals surface area contributed by atoms with Crippen LogP contribution in [0.1, 0.15) is 36.5 Å². The molecule has 0 aromatic heterocycles. The van der Waals surface area contributed by atoms with E-state index >= 15 is 0 Å². The highest BCUT2D eigenvalue weighted by atomic mass is 16.6. The summed E-state index contributed by atoms with van der Waals surface area (Å²) in [7, 11) is 0. The van der Waals surface area contributed by atoms with Crippen LogP contribution in [0.3, 0.4) is 0 Å². The number of rotatable bonds is 5. The van der Waals surface area contributed by atoms with Gasteiger partial charge in [0.25, 0.3) is 5.69 Å². The van der Waals surface area contributed by atoms with Crippen LogP contribution in [0.25, 0.3) is 0 Å². The molecular formula is C23H24N2O2. The Morgan fingerprint density at radius 2 is 1.41 bits per heavy atom. The Hall–Kier alpha value is -3.14. The molecule has 3 aromatic rings. The van der Waals surface area contributed by atoms with Crippen molar-refractivity contribution in [3.05, 3.63) is 93.5 Å². The zero-order valence-electron chi connectivity index (χ0n) is 16.1. The van der Waals surface area contributed by atoms with E-state index in [-0.39, 0.29) is 10.6 Å². The van der Waals surface area contributed by atoms with Crippen LogP contribution in [-0.2, 0) is 0 Å². The Morgan fingerprint density at radius 1 is 0.815 bits per heavy atom. The average Bonchev–Trinajstić information content (AvgIpc) is 2.62. The number of benzene rings is 3. The van der Waals surface area contributed by atoms with Crippen LogP contribution in [0, 0.1) is 24.0 Å². The number of nitro groups is 1. The van der Waals surface area contributed by atoms with E-state index in [2.05, 4.69) is 43.9 Å². The van der Waals surface area contributed by atoms with Gasteiger partial charge in [0.05, 0.1) is 4.92 Å². The zero-order valence-corrected chi connectivity index (χ0v) is 16.1. The van der Waals surface area contributed by atoms with Gasteiger partial charge < -0.3 is 4.90 Å². The fourth-order valence-electron chi connectivity index (χ4n) is 3.45. The fourth-order valence-corrected chi connectivity index (χ4v) is 3.45. The van der Waals surface area contributed by atoms with E-state index in [0.29, 0.717) is 11.5 Å². The van der Waals surface area contributed by atoms with E-state index in [1.807, 2.05) is 42.5 Å². The van der Waals surface area contributed by atoms with Crippen LogP contribution in [-0.4, -0.2) is 4.92 Å². The van der Waals surface area contributed by atoms with Crippen molar-refractivity contribution in [3.8, 4) is 0 Å². The SMILES string of the molecule is Cc1cc(N(c2ccccc2)c2ccc([N+](=O)[O-])c(C)c2)ccc1C(C)C. The lowest BCUT2D eigenvalue weighted by Gasteiger charge is -2.27. The predicted molar refractivity (Wildman–Crippen MR) is 111 cm³/mol. The first-order valence-electron chi connectivity index (χ1n) is 9.09. The van der Waals surface area contributed by atoms with Gasteiger partial charge in [-0.3, -0.25) is 10.1 Å². The third-order valence-electron chi connectivity index (χ3n) is 4.78. The van der Waals surface area contributed by atoms with Gasteiger partial charge in [-0.05, 0) is 67.3 Å². The van der Waals surface area contributed by atoms with Crippen molar-refractivity contribution >= 4 is 22.7 Å². The Kier molecular flexibility index (Phi) is 5.26. The molecular weight excluding hydrogens is 336 g/mol. The maximum Gasteiger partial charge on any atom is 0.272 e. The molecule has 3 aromatic carbocycles. The molecule has 27 heavy (non-hydrogen) atoms. The number of hydrogen-bond donors (Lipinski definition) is 0. The lowest BCUT2D eigenvalue weighted by atomic mass is 9.97. The van der Waals surface area contributed by atoms with Gasteiger partial charge in [0.1, 0.15) is 0 Å². The average molecular weight is 360 g/mol. The Morgan fingerprint density at radius 3 is 1.93 bits per heavy atom. The Bertz CT molecular complexity index is 965. The first kappa shape index (κ1) is 18.6. The summed E-state index contributed by atoms with van der Waals surface area (Å²) in [6.45, 7) is 8.29. The molecule has 0 fully saturated rings. The van der Waals surface area contributed by atoms with Crippen LogP contribution in [0.2, 0.25) is 0 Å². The van der Waals surface area contributed by atoms with E-state index in [1.165, 1.54) is 11.1 Å². The van der Waals surface area contributed by atoms with Gasteiger partial charge >= 0.3 is 0 Å². The second kappa shape index (κ2) is 7.62. The molecule has 138 valence electrons. The van der Waals surface area contributed by atoms with E-state index in [9.17, 15) is 10.1 Å². The summed E-state index contributed by atoms with van der Waals surface area (Å²) in [5.41, 5.74) is 6.31. The molecule has 0 amide bonds. The van der Waals surface area contributed by atoms with Gasteiger partial charge in [0, 0.05) is 28.7 Å². The molecule has 0 aliphatic heterocycles. The molecule has 0 bridgehead atoms. The van der Waals surface area contributed by atoms with Crippen LogP contribution in [0.4, 0.5) is 22.7 Å². The minimum absolute atomic E-state index is 0.137. The quantitative estimate of drug-likeness (QED) is 0.371. The monoisotopic (exact) mass is 360 g/mol. The highest BCUT2D eigenvalue weighted by Gasteiger charge is 2.17. The molecule has 0 aliphatic rings. The molecule has 4 nitrogen and oxygen atoms in total. The molecule has 0 spiro atoms. The molecule has 0 saturated heterocycles. The van der Waals surface area contributed by atoms with Gasteiger partial charge in [-0.2, -0.15) is 0 Å². The molecule has 0 radical (unpaired) electrons. The van der Waals surface area contributed by atoms with Crippen molar-refractivity contribution in [1.82, 2.24) is 0 Å². The molecule has 0 N–H and O–H groups in total. The number of nitro benzene ring substituents is 1. The van der Waals surface area contributed by atoms with Crippen LogP contribution in [0.15, 0.2) is 66.7 Å². The minimum Gasteiger partial charge on any atom is -0.310 e. The van der Waals surface area contributed by atoms with Crippen LogP contribution >= 0.6 is 0 Å². The molecule has 3 rings (SSSR count). The molecule has 0 saturated carbocycles. The normalized spacial score (nSPS) is 10.9. The third-order valence-corrected chi connectivity index (χ3v) is 4.78. The maximum atomic E-state index is 11.2. The molecule has 4 heteroatoms. The van der Waals surface area contributed by atoms with Crippen LogP contribution in [0.5, 0.6) is 0 Å². The fraction of sp³-hybridized carbons (Fsp3) is 0.217. The first-order valence-corrected chi connectivity index (χ1v) is 9.09. The Labute approximate surface area is 160 Å². The van der Waals surface area contributed by atoms with Crippen molar-refractivity contribution in [1.29, 1.82) is 0 Å². The van der Waals surface area contributed by atoms with Crippen LogP contribution < -0.4 is 4.90 Å². The molecule has 0 atom stereocenters. The highest BCUT2D eigenvalue weighted by Crippen LogP contribution is 2.37. The number of hydrogen-bond acceptors (Lipinski definition) is 3. The summed E-state index contributed by atoms with van der Waals surface area (Å²) in [5.74, 6) is 0.464. The lowest BCUT2D eigenvalue weighted by Crippen LogP contribution is -2.11. The molecule has 0 aliphatic carbocycles. The number of aryl methyl sites for hydroxylation is 2. The van der Waals surface area contributed by atoms with Crippen molar-refractivity contribution in [3.63, 3.8) is 0 Å². The second-order valence-corrected chi connectivity index (χ2v) is 7.09. The van der Waals surface area contributed by atoms with E-state index in [4.69, 9.17) is 0 Å². The van der Waals surface area contributed by atoms with Gasteiger partial charge in [-0.25, -0.2) is 0 Å². The summed E-state index contributed by atoms with van der Waals surface area (Å²) in [6.07, 6.45) is 0. The van der Waals surface area contributed by atoms with Crippen molar-refractivity contribution < 1.29 is 4.92 Å². The van der Waals surface area contributed by atoms with Gasteiger partial charge in [0.15, 0.2) is 0 Å². The lowest BCUT2D eigenvalue weighted by molar-refractivity contribution is -0.385. The summed E-state index contributed by atoms with van der Waals surface area (Å²) in [6, 6.07) is 21.8. The first-order chi connectivity index (χ1) is 12.9. The van der Waals surface area contributed by atoms with Gasteiger partial charge in [0.2, 0.25) is 0 Å². The van der Waals surface area contributed by atoms with Gasteiger partial charge in [-0.1, -0.05) is 38.1 Å². The smallest absolute Gasteiger partial charge is 0.272 e. The number of anilines is 3. The van der Waals surface area contributed by atoms with Crippen molar-refractivity contribution in [2.24, 2.45) is 0 Å². The molecule has 0 unspecified atom stereocenters. The maximum absolute atomic E-state index is 11.2. The second-order valence-electron chi connectivity index (χ2n) is 7.09. The third kappa shape index (κ3) is 3.85. The standard InChI is InChI=1S/C23H24N2O2/c1-16(2)22-12-10-20(14-17(22)3)24(19-8-6-5-7-9-19)21-11-13-23(25(26)27)18(4)15-21/h5-16H,1-4H3. The Balaban J connectivity index is 2.15. The van der Waals surface area contributed by atoms with E-state index in [0.717, 1.165) is 17.1 Å². The topological polar surface area (TPSA) is 46.4 Å². The largest absolute Gasteiger partial charge is 0.310 e. The van der Waals surface area contributed by atoms with E-state index in [1.54, 1.807) is 13.0 Å². The molecule has 0 heterocycles. The summed E-state index contributed by atoms with van der Waals surface area (Å²) in [5, 5.41) is 11.2. The number of nitrogens with zero attached hydrogens (tertiary/aromatic N) is 2. The predicted octanol–water partition coefficient (Wildman–Crippen LogP) is 6.80. The summed E-state index contributed by atoms with van der Waals surface area (Å²) >= 11 is 0. The zero-order chi connectivity index (χ0) is 19.6. The van der Waals surface area contributed by atoms with Gasteiger partial charge in [-0.15, -0.1) is 0 Å². The minimum atomic E-state index is -0.340. The summed E-state index contributed by atoms with van der Waals surface area (Å²) in [4.78, 5) is 13.0. The van der Waals surface area contributed by atoms with E-state index < -0.39 is 0 Å². The summed E-state index contributed by atoms with van der Waals surface area (Å²) < 4.78 is 0. The number of para-hydroxylation sites is 1.